The maximum Gasteiger partial charge on any atom is 0.317 e. The molecule has 0 unspecified atom stereocenters. The monoisotopic (exact) mass is 365 g/mol. The lowest BCUT2D eigenvalue weighted by atomic mass is 10.0. The second-order valence-electron chi connectivity index (χ2n) is 7.41. The Balaban J connectivity index is 1.61. The SMILES string of the molecule is O=C(NC[C@@H](c1ccccc1)N1CCCCCC1)N1CCC(F)(F)CC1. The first kappa shape index (κ1) is 19.1. The van der Waals surface area contributed by atoms with E-state index in [0.29, 0.717) is 6.54 Å². The first-order valence-electron chi connectivity index (χ1n) is 9.75. The van der Waals surface area contributed by atoms with Crippen molar-refractivity contribution >= 4 is 6.03 Å². The molecule has 0 bridgehead atoms. The molecule has 1 N–H and O–H groups in total. The van der Waals surface area contributed by atoms with Gasteiger partial charge < -0.3 is 10.2 Å². The van der Waals surface area contributed by atoms with Gasteiger partial charge in [0.05, 0.1) is 6.04 Å². The summed E-state index contributed by atoms with van der Waals surface area (Å²) in [7, 11) is 0. The fourth-order valence-corrected chi connectivity index (χ4v) is 3.87. The molecule has 1 aromatic carbocycles. The van der Waals surface area contributed by atoms with Gasteiger partial charge in [0.2, 0.25) is 0 Å². The van der Waals surface area contributed by atoms with Crippen LogP contribution < -0.4 is 5.32 Å². The summed E-state index contributed by atoms with van der Waals surface area (Å²) in [5, 5.41) is 3.00. The summed E-state index contributed by atoms with van der Waals surface area (Å²) < 4.78 is 26.6. The van der Waals surface area contributed by atoms with Crippen LogP contribution in [0.1, 0.15) is 50.1 Å². The number of benzene rings is 1. The summed E-state index contributed by atoms with van der Waals surface area (Å²) in [5.41, 5.74) is 1.19. The number of likely N-dealkylation sites (tertiary alicyclic amines) is 2. The Morgan fingerprint density at radius 2 is 1.62 bits per heavy atom. The van der Waals surface area contributed by atoms with Crippen LogP contribution in [-0.4, -0.2) is 54.5 Å². The molecule has 0 saturated carbocycles. The van der Waals surface area contributed by atoms with Crippen LogP contribution in [0.4, 0.5) is 13.6 Å². The number of amides is 2. The van der Waals surface area contributed by atoms with Crippen LogP contribution in [0.25, 0.3) is 0 Å². The van der Waals surface area contributed by atoms with Crippen molar-refractivity contribution in [3.05, 3.63) is 35.9 Å². The molecule has 6 heteroatoms. The van der Waals surface area contributed by atoms with Crippen LogP contribution in [0.15, 0.2) is 30.3 Å². The van der Waals surface area contributed by atoms with Crippen molar-refractivity contribution in [2.24, 2.45) is 0 Å². The minimum atomic E-state index is -2.63. The van der Waals surface area contributed by atoms with Crippen LogP contribution in [0.2, 0.25) is 0 Å². The van der Waals surface area contributed by atoms with Crippen LogP contribution in [0.3, 0.4) is 0 Å². The van der Waals surface area contributed by atoms with Crippen LogP contribution in [0.5, 0.6) is 0 Å². The highest BCUT2D eigenvalue weighted by Crippen LogP contribution is 2.28. The maximum atomic E-state index is 13.3. The van der Waals surface area contributed by atoms with Gasteiger partial charge in [0, 0.05) is 32.5 Å². The van der Waals surface area contributed by atoms with E-state index in [1.165, 1.54) is 36.1 Å². The quantitative estimate of drug-likeness (QED) is 0.874. The Morgan fingerprint density at radius 3 is 2.23 bits per heavy atom. The molecule has 144 valence electrons. The lowest BCUT2D eigenvalue weighted by molar-refractivity contribution is -0.0470. The zero-order valence-corrected chi connectivity index (χ0v) is 15.3. The summed E-state index contributed by atoms with van der Waals surface area (Å²) in [4.78, 5) is 16.4. The van der Waals surface area contributed by atoms with Crippen molar-refractivity contribution < 1.29 is 13.6 Å². The lowest BCUT2D eigenvalue weighted by Gasteiger charge is -2.34. The minimum absolute atomic E-state index is 0.124. The van der Waals surface area contributed by atoms with Gasteiger partial charge in [-0.05, 0) is 31.5 Å². The fourth-order valence-electron chi connectivity index (χ4n) is 3.87. The van der Waals surface area contributed by atoms with Crippen molar-refractivity contribution in [2.45, 2.75) is 50.5 Å². The van der Waals surface area contributed by atoms with Gasteiger partial charge in [0.25, 0.3) is 5.92 Å². The minimum Gasteiger partial charge on any atom is -0.336 e. The van der Waals surface area contributed by atoms with Gasteiger partial charge in [-0.2, -0.15) is 0 Å². The molecule has 3 rings (SSSR count). The summed E-state index contributed by atoms with van der Waals surface area (Å²) in [6.07, 6.45) is 4.39. The van der Waals surface area contributed by atoms with Crippen LogP contribution >= 0.6 is 0 Å². The maximum absolute atomic E-state index is 13.3. The standard InChI is InChI=1S/C20H29F2N3O/c21-20(22)10-14-25(15-11-20)19(26)23-16-18(17-8-4-3-5-9-17)24-12-6-1-2-7-13-24/h3-5,8-9,18H,1-2,6-7,10-16H2,(H,23,26)/t18-/m0/s1. The predicted molar refractivity (Wildman–Crippen MR) is 98.4 cm³/mol. The second-order valence-corrected chi connectivity index (χ2v) is 7.41. The third kappa shape index (κ3) is 5.16. The Labute approximate surface area is 154 Å². The highest BCUT2D eigenvalue weighted by atomic mass is 19.3. The van der Waals surface area contributed by atoms with Crippen molar-refractivity contribution in [1.29, 1.82) is 0 Å². The number of alkyl halides is 2. The van der Waals surface area contributed by atoms with Crippen molar-refractivity contribution in [2.75, 3.05) is 32.7 Å². The van der Waals surface area contributed by atoms with Gasteiger partial charge in [0.1, 0.15) is 0 Å². The number of hydrogen-bond donors (Lipinski definition) is 1. The predicted octanol–water partition coefficient (Wildman–Crippen LogP) is 4.04. The molecule has 2 heterocycles. The molecule has 2 fully saturated rings. The van der Waals surface area contributed by atoms with E-state index in [1.807, 2.05) is 18.2 Å². The number of carbonyl (C=O) groups excluding carboxylic acids is 1. The van der Waals surface area contributed by atoms with Crippen LogP contribution in [-0.2, 0) is 0 Å². The van der Waals surface area contributed by atoms with E-state index in [4.69, 9.17) is 0 Å². The van der Waals surface area contributed by atoms with Crippen molar-refractivity contribution in [3.63, 3.8) is 0 Å². The number of halogens is 2. The largest absolute Gasteiger partial charge is 0.336 e. The van der Waals surface area contributed by atoms with E-state index in [9.17, 15) is 13.6 Å². The molecule has 2 aliphatic rings. The van der Waals surface area contributed by atoms with E-state index in [-0.39, 0.29) is 38.0 Å². The number of nitrogens with zero attached hydrogens (tertiary/aromatic N) is 2. The van der Waals surface area contributed by atoms with Gasteiger partial charge in [-0.15, -0.1) is 0 Å². The highest BCUT2D eigenvalue weighted by Gasteiger charge is 2.35. The van der Waals surface area contributed by atoms with E-state index in [0.717, 1.165) is 13.1 Å². The molecule has 0 spiro atoms. The Kier molecular flexibility index (Phi) is 6.46. The molecular weight excluding hydrogens is 336 g/mol. The number of nitrogens with one attached hydrogen (secondary N) is 1. The van der Waals surface area contributed by atoms with E-state index < -0.39 is 5.92 Å². The molecule has 26 heavy (non-hydrogen) atoms. The smallest absolute Gasteiger partial charge is 0.317 e. The molecule has 0 aromatic heterocycles. The zero-order chi connectivity index (χ0) is 18.4. The summed E-state index contributed by atoms with van der Waals surface area (Å²) in [6.45, 7) is 2.82. The third-order valence-corrected chi connectivity index (χ3v) is 5.49. The number of urea groups is 1. The number of hydrogen-bond acceptors (Lipinski definition) is 2. The Hall–Kier alpha value is -1.69. The van der Waals surface area contributed by atoms with Gasteiger partial charge >= 0.3 is 6.03 Å². The average Bonchev–Trinajstić information content (AvgIpc) is 2.92. The van der Waals surface area contributed by atoms with Gasteiger partial charge in [-0.25, -0.2) is 13.6 Å². The Bertz CT molecular complexity index is 564. The molecule has 1 aromatic rings. The second kappa shape index (κ2) is 8.80. The summed E-state index contributed by atoms with van der Waals surface area (Å²) in [6, 6.07) is 10.1. The van der Waals surface area contributed by atoms with Gasteiger partial charge in [-0.1, -0.05) is 43.2 Å². The van der Waals surface area contributed by atoms with Crippen molar-refractivity contribution in [3.8, 4) is 0 Å². The number of piperidine rings is 1. The molecule has 2 aliphatic heterocycles. The fraction of sp³-hybridized carbons (Fsp3) is 0.650. The first-order valence-corrected chi connectivity index (χ1v) is 9.75. The van der Waals surface area contributed by atoms with E-state index in [1.54, 1.807) is 0 Å². The van der Waals surface area contributed by atoms with Gasteiger partial charge in [0.15, 0.2) is 0 Å². The normalized spacial score (nSPS) is 22.5. The van der Waals surface area contributed by atoms with Crippen LogP contribution in [0, 0.1) is 0 Å². The lowest BCUT2D eigenvalue weighted by Crippen LogP contribution is -2.49. The molecule has 2 amide bonds. The average molecular weight is 365 g/mol. The summed E-state index contributed by atoms with van der Waals surface area (Å²) in [5.74, 6) is -2.63. The Morgan fingerprint density at radius 1 is 1.00 bits per heavy atom. The molecule has 4 nitrogen and oxygen atoms in total. The number of rotatable bonds is 4. The summed E-state index contributed by atoms with van der Waals surface area (Å²) >= 11 is 0. The van der Waals surface area contributed by atoms with Crippen molar-refractivity contribution in [1.82, 2.24) is 15.1 Å². The molecule has 0 aliphatic carbocycles. The van der Waals surface area contributed by atoms with E-state index >= 15 is 0 Å². The molecule has 0 radical (unpaired) electrons. The highest BCUT2D eigenvalue weighted by molar-refractivity contribution is 5.74. The zero-order valence-electron chi connectivity index (χ0n) is 15.3. The van der Waals surface area contributed by atoms with E-state index in [2.05, 4.69) is 22.3 Å². The topological polar surface area (TPSA) is 35.6 Å². The third-order valence-electron chi connectivity index (χ3n) is 5.49. The number of carbonyl (C=O) groups is 1. The first-order chi connectivity index (χ1) is 12.6. The molecule has 2 saturated heterocycles. The molecular formula is C20H29F2N3O. The van der Waals surface area contributed by atoms with Gasteiger partial charge in [-0.3, -0.25) is 4.90 Å². The molecule has 1 atom stereocenters.